The highest BCUT2D eigenvalue weighted by Gasteiger charge is 2.42. The molecular weight excluding hydrogens is 252 g/mol. The quantitative estimate of drug-likeness (QED) is 0.697. The van der Waals surface area contributed by atoms with Crippen LogP contribution in [-0.4, -0.2) is 66.4 Å². The molecule has 0 bridgehead atoms. The second kappa shape index (κ2) is 5.85. The third-order valence-electron chi connectivity index (χ3n) is 3.71. The predicted molar refractivity (Wildman–Crippen MR) is 65.5 cm³/mol. The van der Waals surface area contributed by atoms with Crippen LogP contribution in [-0.2, 0) is 19.1 Å². The zero-order valence-electron chi connectivity index (χ0n) is 10.8. The zero-order valence-corrected chi connectivity index (χ0v) is 10.8. The van der Waals surface area contributed by atoms with Crippen molar-refractivity contribution >= 4 is 11.9 Å². The molecule has 2 heterocycles. The summed E-state index contributed by atoms with van der Waals surface area (Å²) in [5, 5.41) is 8.90. The van der Waals surface area contributed by atoms with Crippen LogP contribution < -0.4 is 5.73 Å². The summed E-state index contributed by atoms with van der Waals surface area (Å²) in [4.78, 5) is 25.0. The molecule has 3 N–H and O–H groups in total. The summed E-state index contributed by atoms with van der Waals surface area (Å²) in [5.41, 5.74) is 5.24. The minimum atomic E-state index is -0.939. The smallest absolute Gasteiger partial charge is 0.305 e. The molecule has 1 amide bonds. The van der Waals surface area contributed by atoms with Crippen LogP contribution >= 0.6 is 0 Å². The molecule has 0 aromatic rings. The number of amides is 1. The van der Waals surface area contributed by atoms with Gasteiger partial charge in [0.25, 0.3) is 0 Å². The Morgan fingerprint density at radius 1 is 1.26 bits per heavy atom. The summed E-state index contributed by atoms with van der Waals surface area (Å²) in [6.45, 7) is 2.02. The van der Waals surface area contributed by atoms with Crippen LogP contribution in [0.25, 0.3) is 0 Å². The molecule has 108 valence electrons. The van der Waals surface area contributed by atoms with Gasteiger partial charge in [-0.15, -0.1) is 0 Å². The number of aliphatic carboxylic acids is 1. The van der Waals surface area contributed by atoms with Gasteiger partial charge < -0.3 is 25.2 Å². The molecule has 0 aromatic heterocycles. The molecule has 2 rings (SSSR count). The third-order valence-corrected chi connectivity index (χ3v) is 3.71. The first kappa shape index (κ1) is 14.2. The molecule has 7 nitrogen and oxygen atoms in total. The van der Waals surface area contributed by atoms with Crippen molar-refractivity contribution in [3.8, 4) is 0 Å². The summed E-state index contributed by atoms with van der Waals surface area (Å²) in [6, 6.07) is -0.429. The van der Waals surface area contributed by atoms with Crippen molar-refractivity contribution in [1.29, 1.82) is 0 Å². The maximum absolute atomic E-state index is 12.6. The monoisotopic (exact) mass is 272 g/mol. The Balaban J connectivity index is 2.08. The average Bonchev–Trinajstić information content (AvgIpc) is 2.39. The molecule has 1 unspecified atom stereocenters. The second-order valence-electron chi connectivity index (χ2n) is 5.09. The average molecular weight is 272 g/mol. The Bertz CT molecular complexity index is 354. The van der Waals surface area contributed by atoms with Gasteiger partial charge in [-0.25, -0.2) is 0 Å². The van der Waals surface area contributed by atoms with E-state index in [2.05, 4.69) is 0 Å². The van der Waals surface area contributed by atoms with E-state index in [1.807, 2.05) is 0 Å². The number of nitrogens with two attached hydrogens (primary N) is 1. The topological polar surface area (TPSA) is 102 Å². The fourth-order valence-electron chi connectivity index (χ4n) is 2.53. The van der Waals surface area contributed by atoms with E-state index < -0.39 is 17.6 Å². The minimum absolute atomic E-state index is 0.113. The minimum Gasteiger partial charge on any atom is -0.481 e. The molecule has 0 aromatic carbocycles. The van der Waals surface area contributed by atoms with Gasteiger partial charge in [0, 0.05) is 19.8 Å². The Morgan fingerprint density at radius 3 is 2.58 bits per heavy atom. The van der Waals surface area contributed by atoms with Crippen LogP contribution in [0, 0.1) is 0 Å². The molecule has 2 aliphatic heterocycles. The highest BCUT2D eigenvalue weighted by atomic mass is 16.5. The van der Waals surface area contributed by atoms with Gasteiger partial charge in [-0.3, -0.25) is 9.59 Å². The molecule has 2 aliphatic rings. The SMILES string of the molecule is NC1(C(=O)N2CCOCC2CC(=O)O)CCOCC1. The molecule has 2 fully saturated rings. The molecule has 0 radical (unpaired) electrons. The summed E-state index contributed by atoms with van der Waals surface area (Å²) in [7, 11) is 0. The summed E-state index contributed by atoms with van der Waals surface area (Å²) in [6.07, 6.45) is 0.838. The highest BCUT2D eigenvalue weighted by Crippen LogP contribution is 2.23. The van der Waals surface area contributed by atoms with Crippen LogP contribution in [0.4, 0.5) is 0 Å². The van der Waals surface area contributed by atoms with Crippen molar-refractivity contribution in [2.45, 2.75) is 30.8 Å². The molecule has 0 spiro atoms. The number of carbonyl (C=O) groups is 2. The highest BCUT2D eigenvalue weighted by molar-refractivity contribution is 5.87. The first-order valence-corrected chi connectivity index (χ1v) is 6.50. The first-order chi connectivity index (χ1) is 9.03. The van der Waals surface area contributed by atoms with Crippen molar-refractivity contribution in [1.82, 2.24) is 4.90 Å². The van der Waals surface area contributed by atoms with Gasteiger partial charge in [-0.1, -0.05) is 0 Å². The van der Waals surface area contributed by atoms with Crippen LogP contribution in [0.5, 0.6) is 0 Å². The molecule has 19 heavy (non-hydrogen) atoms. The fraction of sp³-hybridized carbons (Fsp3) is 0.833. The standard InChI is InChI=1S/C12H20N2O5/c13-12(1-4-18-5-2-12)11(17)14-3-6-19-8-9(14)7-10(15)16/h9H,1-8,13H2,(H,15,16). The Kier molecular flexibility index (Phi) is 4.38. The van der Waals surface area contributed by atoms with Crippen LogP contribution in [0.3, 0.4) is 0 Å². The molecule has 0 aliphatic carbocycles. The van der Waals surface area contributed by atoms with E-state index >= 15 is 0 Å². The number of morpholine rings is 1. The van der Waals surface area contributed by atoms with Gasteiger partial charge in [0.1, 0.15) is 0 Å². The molecule has 7 heteroatoms. The van der Waals surface area contributed by atoms with Gasteiger partial charge in [0.15, 0.2) is 0 Å². The Morgan fingerprint density at radius 2 is 1.95 bits per heavy atom. The number of rotatable bonds is 3. The van der Waals surface area contributed by atoms with E-state index in [1.54, 1.807) is 4.90 Å². The lowest BCUT2D eigenvalue weighted by atomic mass is 9.89. The lowest BCUT2D eigenvalue weighted by Gasteiger charge is -2.41. The lowest BCUT2D eigenvalue weighted by molar-refractivity contribution is -0.152. The van der Waals surface area contributed by atoms with Crippen molar-refractivity contribution in [3.63, 3.8) is 0 Å². The van der Waals surface area contributed by atoms with Gasteiger partial charge in [-0.05, 0) is 12.8 Å². The van der Waals surface area contributed by atoms with Gasteiger partial charge in [-0.2, -0.15) is 0 Å². The van der Waals surface area contributed by atoms with E-state index in [4.69, 9.17) is 20.3 Å². The number of nitrogens with zero attached hydrogens (tertiary/aromatic N) is 1. The number of hydrogen-bond acceptors (Lipinski definition) is 5. The molecule has 2 saturated heterocycles. The van der Waals surface area contributed by atoms with E-state index in [9.17, 15) is 9.59 Å². The number of carbonyl (C=O) groups excluding carboxylic acids is 1. The fourth-order valence-corrected chi connectivity index (χ4v) is 2.53. The Labute approximate surface area is 111 Å². The van der Waals surface area contributed by atoms with Gasteiger partial charge in [0.2, 0.25) is 5.91 Å². The molecule has 1 atom stereocenters. The van der Waals surface area contributed by atoms with Crippen molar-refractivity contribution < 1.29 is 24.2 Å². The summed E-state index contributed by atoms with van der Waals surface area (Å²) >= 11 is 0. The molecule has 0 saturated carbocycles. The van der Waals surface area contributed by atoms with Crippen molar-refractivity contribution in [3.05, 3.63) is 0 Å². The maximum atomic E-state index is 12.6. The normalized spacial score (nSPS) is 27.0. The van der Waals surface area contributed by atoms with Crippen molar-refractivity contribution in [2.24, 2.45) is 5.73 Å². The van der Waals surface area contributed by atoms with Crippen LogP contribution in [0.1, 0.15) is 19.3 Å². The second-order valence-corrected chi connectivity index (χ2v) is 5.09. The number of hydrogen-bond donors (Lipinski definition) is 2. The maximum Gasteiger partial charge on any atom is 0.305 e. The van der Waals surface area contributed by atoms with E-state index in [-0.39, 0.29) is 18.9 Å². The first-order valence-electron chi connectivity index (χ1n) is 6.50. The Hall–Kier alpha value is -1.18. The van der Waals surface area contributed by atoms with E-state index in [1.165, 1.54) is 0 Å². The lowest BCUT2D eigenvalue weighted by Crippen LogP contribution is -2.62. The van der Waals surface area contributed by atoms with Crippen LogP contribution in [0.2, 0.25) is 0 Å². The predicted octanol–water partition coefficient (Wildman–Crippen LogP) is -0.804. The molecular formula is C12H20N2O5. The third kappa shape index (κ3) is 3.23. The van der Waals surface area contributed by atoms with E-state index in [0.29, 0.717) is 39.2 Å². The van der Waals surface area contributed by atoms with Gasteiger partial charge >= 0.3 is 5.97 Å². The van der Waals surface area contributed by atoms with Crippen LogP contribution in [0.15, 0.2) is 0 Å². The largest absolute Gasteiger partial charge is 0.481 e. The summed E-state index contributed by atoms with van der Waals surface area (Å²) < 4.78 is 10.5. The van der Waals surface area contributed by atoms with E-state index in [0.717, 1.165) is 0 Å². The number of ether oxygens (including phenoxy) is 2. The summed E-state index contributed by atoms with van der Waals surface area (Å²) in [5.74, 6) is -1.11. The number of carboxylic acid groups (broad SMARTS) is 1. The zero-order chi connectivity index (χ0) is 13.9. The van der Waals surface area contributed by atoms with Crippen molar-refractivity contribution in [2.75, 3.05) is 33.0 Å². The number of carboxylic acids is 1. The van der Waals surface area contributed by atoms with Gasteiger partial charge in [0.05, 0.1) is 31.2 Å².